The van der Waals surface area contributed by atoms with Crippen LogP contribution in [-0.2, 0) is 0 Å². The number of carbonyl (C=O) groups is 2. The highest BCUT2D eigenvalue weighted by Gasteiger charge is 2.37. The molecule has 1 aromatic heterocycles. The average molecular weight is 521 g/mol. The van der Waals surface area contributed by atoms with E-state index in [1.54, 1.807) is 24.3 Å². The van der Waals surface area contributed by atoms with Crippen LogP contribution in [0.2, 0.25) is 5.02 Å². The summed E-state index contributed by atoms with van der Waals surface area (Å²) in [6, 6.07) is 15.5. The number of amides is 3. The molecule has 3 aromatic rings. The lowest BCUT2D eigenvalue weighted by Gasteiger charge is -2.28. The van der Waals surface area contributed by atoms with Crippen LogP contribution in [0.15, 0.2) is 65.9 Å². The molecule has 2 atom stereocenters. The Labute approximate surface area is 220 Å². The quantitative estimate of drug-likeness (QED) is 0.377. The zero-order valence-electron chi connectivity index (χ0n) is 21.0. The fraction of sp³-hybridized carbons (Fsp3) is 0.259. The van der Waals surface area contributed by atoms with Crippen LogP contribution in [0.3, 0.4) is 0 Å². The Morgan fingerprint density at radius 3 is 2.54 bits per heavy atom. The standard InChI is InChI=1S/C27H29ClN6O3/c1-15(2)24-17(4)26(34(33-24)18-7-5-6-16(3)12-18)32-27(36)31-22-9-8-19(13-21(22)28)37-20-10-11-30-23(14-20)25(29)35/h5-15,17,26H,1-4H3,(H2,29,35)(H2,31,32,36). The van der Waals surface area contributed by atoms with Crippen molar-refractivity contribution in [1.29, 1.82) is 0 Å². The minimum absolute atomic E-state index is 0.00293. The van der Waals surface area contributed by atoms with E-state index in [1.807, 2.05) is 36.2 Å². The zero-order chi connectivity index (χ0) is 26.7. The molecule has 2 unspecified atom stereocenters. The SMILES string of the molecule is Cc1cccc(N2N=C(C(C)C)C(C)C2NC(=O)Nc2ccc(Oc3ccnc(C(N)=O)c3)cc2Cl)c1. The maximum Gasteiger partial charge on any atom is 0.320 e. The number of benzene rings is 2. The van der Waals surface area contributed by atoms with Gasteiger partial charge in [-0.1, -0.05) is 44.5 Å². The van der Waals surface area contributed by atoms with Crippen LogP contribution in [-0.4, -0.2) is 28.8 Å². The number of nitrogens with one attached hydrogen (secondary N) is 2. The minimum atomic E-state index is -0.655. The molecule has 4 N–H and O–H groups in total. The molecule has 0 radical (unpaired) electrons. The smallest absolute Gasteiger partial charge is 0.320 e. The highest BCUT2D eigenvalue weighted by molar-refractivity contribution is 6.33. The third-order valence-corrected chi connectivity index (χ3v) is 6.28. The van der Waals surface area contributed by atoms with Crippen LogP contribution in [0.1, 0.15) is 36.8 Å². The van der Waals surface area contributed by atoms with Crippen molar-refractivity contribution >= 4 is 40.6 Å². The summed E-state index contributed by atoms with van der Waals surface area (Å²) in [6.45, 7) is 8.26. The van der Waals surface area contributed by atoms with E-state index < -0.39 is 11.9 Å². The van der Waals surface area contributed by atoms with E-state index in [0.717, 1.165) is 17.0 Å². The summed E-state index contributed by atoms with van der Waals surface area (Å²) in [6.07, 6.45) is 1.06. The number of urea groups is 1. The molecule has 0 fully saturated rings. The van der Waals surface area contributed by atoms with E-state index in [0.29, 0.717) is 17.2 Å². The Morgan fingerprint density at radius 1 is 1.11 bits per heavy atom. The van der Waals surface area contributed by atoms with Crippen LogP contribution >= 0.6 is 11.6 Å². The third kappa shape index (κ3) is 6.00. The summed E-state index contributed by atoms with van der Waals surface area (Å²) in [5.74, 6) is 0.382. The van der Waals surface area contributed by atoms with Crippen molar-refractivity contribution in [3.05, 3.63) is 77.1 Å². The maximum atomic E-state index is 13.0. The number of nitrogens with zero attached hydrogens (tertiary/aromatic N) is 3. The molecule has 1 aliphatic heterocycles. The Hall–Kier alpha value is -4.11. The van der Waals surface area contributed by atoms with E-state index >= 15 is 0 Å². The summed E-state index contributed by atoms with van der Waals surface area (Å²) >= 11 is 6.43. The lowest BCUT2D eigenvalue weighted by atomic mass is 9.94. The maximum absolute atomic E-state index is 13.0. The number of hydrogen-bond donors (Lipinski definition) is 3. The van der Waals surface area contributed by atoms with Gasteiger partial charge in [-0.3, -0.25) is 9.78 Å². The van der Waals surface area contributed by atoms with Gasteiger partial charge >= 0.3 is 6.03 Å². The number of carbonyl (C=O) groups excluding carboxylic acids is 2. The van der Waals surface area contributed by atoms with Gasteiger partial charge in [0.15, 0.2) is 0 Å². The van der Waals surface area contributed by atoms with Gasteiger partial charge in [-0.05, 0) is 48.7 Å². The Bertz CT molecular complexity index is 1360. The van der Waals surface area contributed by atoms with Crippen molar-refractivity contribution in [2.75, 3.05) is 10.3 Å². The van der Waals surface area contributed by atoms with Crippen LogP contribution < -0.4 is 26.1 Å². The number of ether oxygens (including phenoxy) is 1. The fourth-order valence-corrected chi connectivity index (χ4v) is 4.38. The molecule has 37 heavy (non-hydrogen) atoms. The number of aryl methyl sites for hydroxylation is 1. The molecule has 0 bridgehead atoms. The second-order valence-corrected chi connectivity index (χ2v) is 9.59. The first-order valence-electron chi connectivity index (χ1n) is 11.9. The van der Waals surface area contributed by atoms with Crippen LogP contribution in [0, 0.1) is 18.8 Å². The zero-order valence-corrected chi connectivity index (χ0v) is 21.8. The Balaban J connectivity index is 1.47. The van der Waals surface area contributed by atoms with Gasteiger partial charge in [0.1, 0.15) is 23.4 Å². The molecule has 2 aromatic carbocycles. The molecule has 3 amide bonds. The van der Waals surface area contributed by atoms with E-state index in [2.05, 4.69) is 36.4 Å². The van der Waals surface area contributed by atoms with Gasteiger partial charge in [0.05, 0.1) is 16.4 Å². The van der Waals surface area contributed by atoms with Gasteiger partial charge in [0, 0.05) is 30.0 Å². The van der Waals surface area contributed by atoms with E-state index in [4.69, 9.17) is 27.2 Å². The van der Waals surface area contributed by atoms with Crippen molar-refractivity contribution < 1.29 is 14.3 Å². The average Bonchev–Trinajstić information content (AvgIpc) is 3.17. The van der Waals surface area contributed by atoms with Crippen LogP contribution in [0.5, 0.6) is 11.5 Å². The minimum Gasteiger partial charge on any atom is -0.457 e. The normalized spacial score (nSPS) is 16.9. The number of halogens is 1. The number of hydrazone groups is 1. The van der Waals surface area contributed by atoms with Gasteiger partial charge in [-0.25, -0.2) is 9.80 Å². The van der Waals surface area contributed by atoms with Gasteiger partial charge in [0.2, 0.25) is 0 Å². The predicted octanol–water partition coefficient (Wildman–Crippen LogP) is 5.55. The summed E-state index contributed by atoms with van der Waals surface area (Å²) in [5.41, 5.74) is 8.80. The van der Waals surface area contributed by atoms with Gasteiger partial charge in [0.25, 0.3) is 5.91 Å². The lowest BCUT2D eigenvalue weighted by molar-refractivity contribution is 0.0995. The lowest BCUT2D eigenvalue weighted by Crippen LogP contribution is -2.49. The number of aromatic nitrogens is 1. The molecule has 4 rings (SSSR count). The second kappa shape index (κ2) is 10.9. The van der Waals surface area contributed by atoms with E-state index in [9.17, 15) is 9.59 Å². The van der Waals surface area contributed by atoms with Crippen molar-refractivity contribution in [1.82, 2.24) is 10.3 Å². The first-order chi connectivity index (χ1) is 17.6. The Kier molecular flexibility index (Phi) is 7.63. The molecular weight excluding hydrogens is 492 g/mol. The number of nitrogens with two attached hydrogens (primary N) is 1. The van der Waals surface area contributed by atoms with Crippen molar-refractivity contribution in [3.63, 3.8) is 0 Å². The van der Waals surface area contributed by atoms with Crippen molar-refractivity contribution in [2.24, 2.45) is 22.7 Å². The van der Waals surface area contributed by atoms with Gasteiger partial charge in [-0.15, -0.1) is 0 Å². The van der Waals surface area contributed by atoms with Crippen molar-refractivity contribution in [2.45, 2.75) is 33.9 Å². The highest BCUT2D eigenvalue weighted by Crippen LogP contribution is 2.32. The van der Waals surface area contributed by atoms with Crippen LogP contribution in [0.25, 0.3) is 0 Å². The largest absolute Gasteiger partial charge is 0.457 e. The summed E-state index contributed by atoms with van der Waals surface area (Å²) in [7, 11) is 0. The first-order valence-corrected chi connectivity index (χ1v) is 12.2. The summed E-state index contributed by atoms with van der Waals surface area (Å²) < 4.78 is 5.76. The highest BCUT2D eigenvalue weighted by atomic mass is 35.5. The number of pyridine rings is 1. The molecular formula is C27H29ClN6O3. The second-order valence-electron chi connectivity index (χ2n) is 9.18. The molecule has 192 valence electrons. The van der Waals surface area contributed by atoms with Crippen LogP contribution in [0.4, 0.5) is 16.2 Å². The molecule has 1 aliphatic rings. The monoisotopic (exact) mass is 520 g/mol. The molecule has 0 aliphatic carbocycles. The summed E-state index contributed by atoms with van der Waals surface area (Å²) in [4.78, 5) is 28.3. The Morgan fingerprint density at radius 2 is 1.86 bits per heavy atom. The number of rotatable bonds is 7. The van der Waals surface area contributed by atoms with Crippen molar-refractivity contribution in [3.8, 4) is 11.5 Å². The van der Waals surface area contributed by atoms with Gasteiger partial charge in [-0.2, -0.15) is 5.10 Å². The fourth-order valence-electron chi connectivity index (χ4n) is 4.17. The first kappa shape index (κ1) is 26.0. The predicted molar refractivity (Wildman–Crippen MR) is 145 cm³/mol. The molecule has 0 spiro atoms. The van der Waals surface area contributed by atoms with Gasteiger partial charge < -0.3 is 21.1 Å². The molecule has 0 saturated carbocycles. The molecule has 2 heterocycles. The number of hydrogen-bond acceptors (Lipinski definition) is 6. The van der Waals surface area contributed by atoms with E-state index in [1.165, 1.54) is 12.3 Å². The third-order valence-electron chi connectivity index (χ3n) is 5.97. The number of primary amides is 1. The summed E-state index contributed by atoms with van der Waals surface area (Å²) in [5, 5.41) is 12.8. The molecule has 0 saturated heterocycles. The topological polar surface area (TPSA) is 122 Å². The molecule has 9 nitrogen and oxygen atoms in total. The number of anilines is 2. The molecule has 10 heteroatoms. The van der Waals surface area contributed by atoms with E-state index in [-0.39, 0.29) is 28.7 Å².